The van der Waals surface area contributed by atoms with Crippen LogP contribution in [0.2, 0.25) is 0 Å². The van der Waals surface area contributed by atoms with E-state index in [2.05, 4.69) is 30.5 Å². The third-order valence-electron chi connectivity index (χ3n) is 3.21. The predicted molar refractivity (Wildman–Crippen MR) is 94.6 cm³/mol. The number of nitrogens with one attached hydrogen (secondary N) is 3. The van der Waals surface area contributed by atoms with Gasteiger partial charge in [0.25, 0.3) is 15.9 Å². The molecule has 132 valence electrons. The molecule has 0 saturated heterocycles. The number of carbonyl (C=O) groups excluding carboxylic acids is 1. The summed E-state index contributed by atoms with van der Waals surface area (Å²) in [5.74, 6) is -0.218. The van der Waals surface area contributed by atoms with Crippen molar-refractivity contribution in [1.29, 1.82) is 0 Å². The van der Waals surface area contributed by atoms with E-state index < -0.39 is 15.9 Å². The van der Waals surface area contributed by atoms with Gasteiger partial charge in [-0.2, -0.15) is 0 Å². The fraction of sp³-hybridized carbons (Fsp3) is 0. The Morgan fingerprint density at radius 1 is 0.885 bits per heavy atom. The van der Waals surface area contributed by atoms with E-state index >= 15 is 0 Å². The summed E-state index contributed by atoms with van der Waals surface area (Å²) >= 11 is 0. The molecule has 0 radical (unpaired) electrons. The van der Waals surface area contributed by atoms with Gasteiger partial charge in [0, 0.05) is 30.4 Å². The van der Waals surface area contributed by atoms with Crippen molar-refractivity contribution in [3.05, 3.63) is 72.8 Å². The van der Waals surface area contributed by atoms with Crippen LogP contribution in [-0.2, 0) is 10.0 Å². The lowest BCUT2D eigenvalue weighted by atomic mass is 10.2. The number of sulfonamides is 1. The summed E-state index contributed by atoms with van der Waals surface area (Å²) in [6.45, 7) is 0. The first-order chi connectivity index (χ1) is 12.5. The molecule has 0 bridgehead atoms. The lowest BCUT2D eigenvalue weighted by molar-refractivity contribution is 0.0962. The van der Waals surface area contributed by atoms with E-state index in [4.69, 9.17) is 0 Å². The molecule has 1 aromatic carbocycles. The van der Waals surface area contributed by atoms with Crippen LogP contribution in [0.15, 0.2) is 72.1 Å². The van der Waals surface area contributed by atoms with Crippen LogP contribution in [0, 0.1) is 0 Å². The van der Waals surface area contributed by atoms with Crippen LogP contribution in [0.5, 0.6) is 0 Å². The Morgan fingerprint density at radius 3 is 2.19 bits per heavy atom. The van der Waals surface area contributed by atoms with Gasteiger partial charge in [-0.25, -0.2) is 18.4 Å². The lowest BCUT2D eigenvalue weighted by Crippen LogP contribution is -2.30. The first-order valence-electron chi connectivity index (χ1n) is 7.41. The molecule has 1 amide bonds. The Morgan fingerprint density at radius 2 is 1.54 bits per heavy atom. The highest BCUT2D eigenvalue weighted by Crippen LogP contribution is 2.15. The second-order valence-electron chi connectivity index (χ2n) is 5.02. The molecule has 0 aliphatic rings. The molecule has 26 heavy (non-hydrogen) atoms. The van der Waals surface area contributed by atoms with Crippen LogP contribution >= 0.6 is 0 Å². The number of rotatable bonds is 6. The molecule has 3 aromatic rings. The van der Waals surface area contributed by atoms with E-state index in [0.717, 1.165) is 0 Å². The maximum Gasteiger partial charge on any atom is 0.269 e. The van der Waals surface area contributed by atoms with Gasteiger partial charge in [0.05, 0.1) is 10.6 Å². The normalized spacial score (nSPS) is 10.8. The molecule has 0 unspecified atom stereocenters. The SMILES string of the molecule is O=C(NNc1ncccn1)c1ccc(S(=O)(=O)Nc2ccncc2)cc1. The second-order valence-corrected chi connectivity index (χ2v) is 6.70. The highest BCUT2D eigenvalue weighted by molar-refractivity contribution is 7.92. The van der Waals surface area contributed by atoms with Crippen molar-refractivity contribution in [2.75, 3.05) is 10.1 Å². The Kier molecular flexibility index (Phi) is 5.04. The van der Waals surface area contributed by atoms with E-state index in [9.17, 15) is 13.2 Å². The number of benzene rings is 1. The van der Waals surface area contributed by atoms with Crippen molar-refractivity contribution in [3.63, 3.8) is 0 Å². The molecule has 3 N–H and O–H groups in total. The van der Waals surface area contributed by atoms with Gasteiger partial charge in [0.15, 0.2) is 0 Å². The Labute approximate surface area is 149 Å². The van der Waals surface area contributed by atoms with E-state index in [0.29, 0.717) is 5.69 Å². The molecular weight excluding hydrogens is 356 g/mol. The number of aromatic nitrogens is 3. The van der Waals surface area contributed by atoms with E-state index in [1.165, 1.54) is 61.2 Å². The Bertz CT molecular complexity index is 980. The van der Waals surface area contributed by atoms with Crippen LogP contribution in [-0.4, -0.2) is 29.3 Å². The third kappa shape index (κ3) is 4.30. The molecule has 10 heteroatoms. The fourth-order valence-electron chi connectivity index (χ4n) is 1.97. The average Bonchev–Trinajstić information content (AvgIpc) is 2.67. The van der Waals surface area contributed by atoms with Gasteiger partial charge in [-0.15, -0.1) is 0 Å². The first-order valence-corrected chi connectivity index (χ1v) is 8.89. The number of hydrazine groups is 1. The molecule has 9 nitrogen and oxygen atoms in total. The number of pyridine rings is 1. The van der Waals surface area contributed by atoms with E-state index in [1.807, 2.05) is 0 Å². The first kappa shape index (κ1) is 17.3. The van der Waals surface area contributed by atoms with Gasteiger partial charge in [0.1, 0.15) is 0 Å². The van der Waals surface area contributed by atoms with Crippen molar-refractivity contribution < 1.29 is 13.2 Å². The van der Waals surface area contributed by atoms with Crippen molar-refractivity contribution in [3.8, 4) is 0 Å². The van der Waals surface area contributed by atoms with Gasteiger partial charge in [0.2, 0.25) is 5.95 Å². The van der Waals surface area contributed by atoms with Crippen molar-refractivity contribution in [2.24, 2.45) is 0 Å². The molecule has 0 fully saturated rings. The summed E-state index contributed by atoms with van der Waals surface area (Å²) in [4.78, 5) is 23.7. The summed E-state index contributed by atoms with van der Waals surface area (Å²) in [5, 5.41) is 0. The van der Waals surface area contributed by atoms with Gasteiger partial charge < -0.3 is 0 Å². The fourth-order valence-corrected chi connectivity index (χ4v) is 3.03. The molecule has 0 saturated carbocycles. The standard InChI is InChI=1S/C16H14N6O3S/c23-15(20-21-16-18-8-1-9-19-16)12-2-4-14(5-3-12)26(24,25)22-13-6-10-17-11-7-13/h1-11H,(H,17,22)(H,20,23)(H,18,19,21). The average molecular weight is 370 g/mol. The topological polar surface area (TPSA) is 126 Å². The highest BCUT2D eigenvalue weighted by Gasteiger charge is 2.15. The summed E-state index contributed by atoms with van der Waals surface area (Å²) < 4.78 is 27.1. The number of carbonyl (C=O) groups is 1. The zero-order valence-electron chi connectivity index (χ0n) is 13.3. The molecule has 0 spiro atoms. The van der Waals surface area contributed by atoms with Crippen LogP contribution in [0.4, 0.5) is 11.6 Å². The third-order valence-corrected chi connectivity index (χ3v) is 4.61. The van der Waals surface area contributed by atoms with E-state index in [1.54, 1.807) is 6.07 Å². The number of hydrogen-bond acceptors (Lipinski definition) is 7. The highest BCUT2D eigenvalue weighted by atomic mass is 32.2. The molecule has 3 rings (SSSR count). The minimum atomic E-state index is -3.76. The Balaban J connectivity index is 1.66. The minimum absolute atomic E-state index is 0.0326. The van der Waals surface area contributed by atoms with Crippen LogP contribution in [0.25, 0.3) is 0 Å². The van der Waals surface area contributed by atoms with Gasteiger partial charge in [-0.1, -0.05) is 0 Å². The van der Waals surface area contributed by atoms with Crippen molar-refractivity contribution in [2.45, 2.75) is 4.90 Å². The van der Waals surface area contributed by atoms with Crippen molar-refractivity contribution in [1.82, 2.24) is 20.4 Å². The van der Waals surface area contributed by atoms with Crippen molar-refractivity contribution >= 4 is 27.6 Å². The summed E-state index contributed by atoms with van der Waals surface area (Å²) in [7, 11) is -3.76. The largest absolute Gasteiger partial charge is 0.280 e. The smallest absolute Gasteiger partial charge is 0.269 e. The monoisotopic (exact) mass is 370 g/mol. The van der Waals surface area contributed by atoms with Gasteiger partial charge in [-0.05, 0) is 42.5 Å². The number of amides is 1. The second kappa shape index (κ2) is 7.57. The molecular formula is C16H14N6O3S. The molecule has 2 aromatic heterocycles. The van der Waals surface area contributed by atoms with Crippen LogP contribution < -0.4 is 15.6 Å². The summed E-state index contributed by atoms with van der Waals surface area (Å²) in [6.07, 6.45) is 6.01. The maximum atomic E-state index is 12.3. The predicted octanol–water partition coefficient (Wildman–Crippen LogP) is 1.43. The van der Waals surface area contributed by atoms with Gasteiger partial charge in [-0.3, -0.25) is 25.4 Å². The maximum absolute atomic E-state index is 12.3. The van der Waals surface area contributed by atoms with E-state index in [-0.39, 0.29) is 16.4 Å². The van der Waals surface area contributed by atoms with Gasteiger partial charge >= 0.3 is 0 Å². The minimum Gasteiger partial charge on any atom is -0.280 e. The number of hydrogen-bond donors (Lipinski definition) is 3. The molecule has 0 atom stereocenters. The van der Waals surface area contributed by atoms with Crippen LogP contribution in [0.1, 0.15) is 10.4 Å². The molecule has 0 aliphatic heterocycles. The zero-order valence-corrected chi connectivity index (χ0v) is 14.1. The quantitative estimate of drug-likeness (QED) is 0.560. The number of nitrogens with zero attached hydrogens (tertiary/aromatic N) is 3. The lowest BCUT2D eigenvalue weighted by Gasteiger charge is -2.09. The number of anilines is 2. The molecule has 2 heterocycles. The summed E-state index contributed by atoms with van der Waals surface area (Å²) in [6, 6.07) is 10.2. The molecule has 0 aliphatic carbocycles. The zero-order chi connectivity index (χ0) is 18.4. The summed E-state index contributed by atoms with van der Waals surface area (Å²) in [5.41, 5.74) is 5.66. The van der Waals surface area contributed by atoms with Crippen LogP contribution in [0.3, 0.4) is 0 Å². The Hall–Kier alpha value is -3.53.